The van der Waals surface area contributed by atoms with Crippen LogP contribution in [-0.4, -0.2) is 22.1 Å². The summed E-state index contributed by atoms with van der Waals surface area (Å²) in [6.07, 6.45) is 3.95. The van der Waals surface area contributed by atoms with E-state index < -0.39 is 0 Å². The number of nitrogens with zero attached hydrogens (tertiary/aromatic N) is 1. The molecule has 2 aromatic carbocycles. The van der Waals surface area contributed by atoms with Crippen LogP contribution in [0.15, 0.2) is 60.8 Å². The van der Waals surface area contributed by atoms with Crippen LogP contribution >= 0.6 is 0 Å². The molecule has 2 N–H and O–H groups in total. The quantitative estimate of drug-likeness (QED) is 0.773. The van der Waals surface area contributed by atoms with Crippen LogP contribution in [0.25, 0.3) is 22.4 Å². The number of hydrogen-bond acceptors (Lipinski definition) is 2. The van der Waals surface area contributed by atoms with Crippen LogP contribution < -0.4 is 5.32 Å². The largest absolute Gasteiger partial charge is 0.349 e. The zero-order valence-electron chi connectivity index (χ0n) is 12.6. The lowest BCUT2D eigenvalue weighted by atomic mass is 10.0. The lowest BCUT2D eigenvalue weighted by molar-refractivity contribution is 0.0951. The smallest absolute Gasteiger partial charge is 0.251 e. The molecule has 1 aliphatic rings. The summed E-state index contributed by atoms with van der Waals surface area (Å²) in [5.74, 6) is 0.0188. The summed E-state index contributed by atoms with van der Waals surface area (Å²) in [5, 5.41) is 9.98. The van der Waals surface area contributed by atoms with E-state index in [0.717, 1.165) is 35.2 Å². The van der Waals surface area contributed by atoms with Crippen molar-refractivity contribution in [2.75, 3.05) is 0 Å². The number of aromatic nitrogens is 2. The molecule has 4 heteroatoms. The summed E-state index contributed by atoms with van der Waals surface area (Å²) >= 11 is 0. The molecule has 1 fully saturated rings. The zero-order chi connectivity index (χ0) is 15.6. The Morgan fingerprint density at radius 3 is 2.48 bits per heavy atom. The van der Waals surface area contributed by atoms with E-state index in [-0.39, 0.29) is 5.91 Å². The monoisotopic (exact) mass is 303 g/mol. The summed E-state index contributed by atoms with van der Waals surface area (Å²) in [5.41, 5.74) is 5.01. The number of carbonyl (C=O) groups is 1. The van der Waals surface area contributed by atoms with Gasteiger partial charge in [-0.15, -0.1) is 0 Å². The Hall–Kier alpha value is -2.88. The average Bonchev–Trinajstić information content (AvgIpc) is 3.24. The molecule has 0 spiro atoms. The molecule has 0 atom stereocenters. The highest BCUT2D eigenvalue weighted by Gasteiger charge is 2.23. The zero-order valence-corrected chi connectivity index (χ0v) is 12.6. The molecule has 1 aromatic heterocycles. The Bertz CT molecular complexity index is 818. The first-order chi connectivity index (χ1) is 11.3. The van der Waals surface area contributed by atoms with Gasteiger partial charge in [0.1, 0.15) is 0 Å². The van der Waals surface area contributed by atoms with Gasteiger partial charge in [-0.1, -0.05) is 30.3 Å². The molecule has 4 rings (SSSR count). The fraction of sp³-hybridized carbons (Fsp3) is 0.158. The van der Waals surface area contributed by atoms with Gasteiger partial charge in [-0.25, -0.2) is 0 Å². The third-order valence-corrected chi connectivity index (χ3v) is 4.07. The van der Waals surface area contributed by atoms with Crippen LogP contribution in [0.4, 0.5) is 0 Å². The molecule has 1 aliphatic carbocycles. The molecular formula is C19H17N3O. The molecule has 1 amide bonds. The maximum atomic E-state index is 12.0. The standard InChI is InChI=1S/C19H17N3O/c23-19(21-17-8-9-17)14-6-4-13(5-7-14)15-2-1-3-16(12-15)18-10-11-20-22-18/h1-7,10-12,17H,8-9H2,(H,20,22)(H,21,23). The third kappa shape index (κ3) is 3.01. The highest BCUT2D eigenvalue weighted by molar-refractivity contribution is 5.95. The van der Waals surface area contributed by atoms with Crippen LogP contribution in [-0.2, 0) is 0 Å². The van der Waals surface area contributed by atoms with Crippen molar-refractivity contribution in [2.45, 2.75) is 18.9 Å². The van der Waals surface area contributed by atoms with E-state index in [0.29, 0.717) is 11.6 Å². The topological polar surface area (TPSA) is 57.8 Å². The minimum absolute atomic E-state index is 0.0188. The van der Waals surface area contributed by atoms with Crippen molar-refractivity contribution in [3.63, 3.8) is 0 Å². The number of H-pyrrole nitrogens is 1. The molecule has 114 valence electrons. The highest BCUT2D eigenvalue weighted by Crippen LogP contribution is 2.26. The Morgan fingerprint density at radius 1 is 1.00 bits per heavy atom. The number of aromatic amines is 1. The molecule has 23 heavy (non-hydrogen) atoms. The van der Waals surface area contributed by atoms with E-state index in [1.807, 2.05) is 36.4 Å². The fourth-order valence-corrected chi connectivity index (χ4v) is 2.59. The summed E-state index contributed by atoms with van der Waals surface area (Å²) < 4.78 is 0. The van der Waals surface area contributed by atoms with Gasteiger partial charge in [0.25, 0.3) is 5.91 Å². The third-order valence-electron chi connectivity index (χ3n) is 4.07. The summed E-state index contributed by atoms with van der Waals surface area (Å²) in [6.45, 7) is 0. The number of amides is 1. The molecule has 0 aliphatic heterocycles. The molecule has 0 radical (unpaired) electrons. The van der Waals surface area contributed by atoms with Gasteiger partial charge in [-0.05, 0) is 48.2 Å². The Balaban J connectivity index is 1.58. The molecule has 3 aromatic rings. The summed E-state index contributed by atoms with van der Waals surface area (Å²) in [7, 11) is 0. The van der Waals surface area contributed by atoms with Crippen molar-refractivity contribution in [3.8, 4) is 22.4 Å². The van der Waals surface area contributed by atoms with E-state index in [9.17, 15) is 4.79 Å². The van der Waals surface area contributed by atoms with Gasteiger partial charge in [0.15, 0.2) is 0 Å². The predicted molar refractivity (Wildman–Crippen MR) is 89.9 cm³/mol. The molecule has 0 bridgehead atoms. The fourth-order valence-electron chi connectivity index (χ4n) is 2.59. The van der Waals surface area contributed by atoms with Gasteiger partial charge >= 0.3 is 0 Å². The van der Waals surface area contributed by atoms with Gasteiger partial charge in [0.05, 0.1) is 5.69 Å². The minimum Gasteiger partial charge on any atom is -0.349 e. The van der Waals surface area contributed by atoms with Crippen molar-refractivity contribution < 1.29 is 4.79 Å². The van der Waals surface area contributed by atoms with Crippen molar-refractivity contribution in [1.29, 1.82) is 0 Å². The van der Waals surface area contributed by atoms with Gasteiger partial charge in [-0.2, -0.15) is 5.10 Å². The molecule has 0 unspecified atom stereocenters. The second-order valence-electron chi connectivity index (χ2n) is 5.88. The van der Waals surface area contributed by atoms with E-state index in [2.05, 4.69) is 33.7 Å². The van der Waals surface area contributed by atoms with E-state index in [4.69, 9.17) is 0 Å². The van der Waals surface area contributed by atoms with E-state index >= 15 is 0 Å². The van der Waals surface area contributed by atoms with Gasteiger partial charge in [-0.3, -0.25) is 9.89 Å². The van der Waals surface area contributed by atoms with Gasteiger partial charge in [0, 0.05) is 23.4 Å². The Labute approximate surface area is 134 Å². The lowest BCUT2D eigenvalue weighted by Gasteiger charge is -2.07. The Kier molecular flexibility index (Phi) is 3.42. The molecular weight excluding hydrogens is 286 g/mol. The van der Waals surface area contributed by atoms with Crippen LogP contribution in [0.1, 0.15) is 23.2 Å². The van der Waals surface area contributed by atoms with Crippen molar-refractivity contribution in [2.24, 2.45) is 0 Å². The highest BCUT2D eigenvalue weighted by atomic mass is 16.1. The lowest BCUT2D eigenvalue weighted by Crippen LogP contribution is -2.25. The van der Waals surface area contributed by atoms with Crippen LogP contribution in [0.3, 0.4) is 0 Å². The number of carbonyl (C=O) groups excluding carboxylic acids is 1. The number of benzene rings is 2. The average molecular weight is 303 g/mol. The number of hydrogen-bond donors (Lipinski definition) is 2. The molecule has 1 heterocycles. The van der Waals surface area contributed by atoms with Crippen molar-refractivity contribution >= 4 is 5.91 Å². The Morgan fingerprint density at radius 2 is 1.78 bits per heavy atom. The normalized spacial score (nSPS) is 13.7. The van der Waals surface area contributed by atoms with E-state index in [1.165, 1.54) is 0 Å². The van der Waals surface area contributed by atoms with Crippen LogP contribution in [0, 0.1) is 0 Å². The maximum absolute atomic E-state index is 12.0. The van der Waals surface area contributed by atoms with Gasteiger partial charge in [0.2, 0.25) is 0 Å². The first kappa shape index (κ1) is 13.8. The summed E-state index contributed by atoms with van der Waals surface area (Å²) in [4.78, 5) is 12.0. The SMILES string of the molecule is O=C(NC1CC1)c1ccc(-c2cccc(-c3ccn[nH]3)c2)cc1. The van der Waals surface area contributed by atoms with Crippen LogP contribution in [0.5, 0.6) is 0 Å². The second kappa shape index (κ2) is 5.72. The molecule has 4 nitrogen and oxygen atoms in total. The first-order valence-electron chi connectivity index (χ1n) is 7.81. The predicted octanol–water partition coefficient (Wildman–Crippen LogP) is 3.64. The first-order valence-corrected chi connectivity index (χ1v) is 7.81. The van der Waals surface area contributed by atoms with Gasteiger partial charge < -0.3 is 5.32 Å². The summed E-state index contributed by atoms with van der Waals surface area (Å²) in [6, 6.07) is 18.4. The van der Waals surface area contributed by atoms with Crippen LogP contribution in [0.2, 0.25) is 0 Å². The van der Waals surface area contributed by atoms with Crippen molar-refractivity contribution in [1.82, 2.24) is 15.5 Å². The molecule has 1 saturated carbocycles. The number of rotatable bonds is 4. The second-order valence-corrected chi connectivity index (χ2v) is 5.88. The van der Waals surface area contributed by atoms with E-state index in [1.54, 1.807) is 6.20 Å². The maximum Gasteiger partial charge on any atom is 0.251 e. The minimum atomic E-state index is 0.0188. The molecule has 0 saturated heterocycles. The number of nitrogens with one attached hydrogen (secondary N) is 2. The van der Waals surface area contributed by atoms with Crippen molar-refractivity contribution in [3.05, 3.63) is 66.4 Å².